The standard InChI is InChI=1S/C23H26N4O2/c1-18-16-21(19-6-5-11-24-17-19)26-27(18)13-12-25-22(28)23(9-14-29-15-10-23)20-7-3-2-4-8-20/h2-8,11,16-17H,9-10,12-15H2,1H3,(H,25,28). The summed E-state index contributed by atoms with van der Waals surface area (Å²) in [4.78, 5) is 17.4. The zero-order valence-corrected chi connectivity index (χ0v) is 16.7. The molecule has 1 aliphatic rings. The molecule has 150 valence electrons. The molecule has 1 saturated heterocycles. The van der Waals surface area contributed by atoms with Crippen molar-refractivity contribution in [3.8, 4) is 11.3 Å². The number of pyridine rings is 1. The van der Waals surface area contributed by atoms with Crippen LogP contribution in [0.4, 0.5) is 0 Å². The maximum Gasteiger partial charge on any atom is 0.230 e. The number of benzene rings is 1. The summed E-state index contributed by atoms with van der Waals surface area (Å²) in [6, 6.07) is 16.0. The molecule has 0 saturated carbocycles. The predicted octanol–water partition coefficient (Wildman–Crippen LogP) is 3.12. The third-order valence-corrected chi connectivity index (χ3v) is 5.66. The van der Waals surface area contributed by atoms with Crippen molar-refractivity contribution in [3.05, 3.63) is 72.2 Å². The van der Waals surface area contributed by atoms with Crippen molar-refractivity contribution in [1.82, 2.24) is 20.1 Å². The van der Waals surface area contributed by atoms with Gasteiger partial charge in [-0.15, -0.1) is 0 Å². The minimum Gasteiger partial charge on any atom is -0.381 e. The van der Waals surface area contributed by atoms with Crippen molar-refractivity contribution in [1.29, 1.82) is 0 Å². The third kappa shape index (κ3) is 4.07. The average Bonchev–Trinajstić information content (AvgIpc) is 3.16. The van der Waals surface area contributed by atoms with E-state index in [1.54, 1.807) is 6.20 Å². The third-order valence-electron chi connectivity index (χ3n) is 5.66. The molecular weight excluding hydrogens is 364 g/mol. The fourth-order valence-electron chi connectivity index (χ4n) is 3.96. The second-order valence-corrected chi connectivity index (χ2v) is 7.45. The number of carbonyl (C=O) groups excluding carboxylic acids is 1. The predicted molar refractivity (Wildman–Crippen MR) is 111 cm³/mol. The SMILES string of the molecule is Cc1cc(-c2cccnc2)nn1CCNC(=O)C1(c2ccccc2)CCOCC1. The summed E-state index contributed by atoms with van der Waals surface area (Å²) in [6.07, 6.45) is 4.97. The summed E-state index contributed by atoms with van der Waals surface area (Å²) >= 11 is 0. The van der Waals surface area contributed by atoms with E-state index in [1.807, 2.05) is 66.3 Å². The van der Waals surface area contributed by atoms with E-state index in [0.29, 0.717) is 39.1 Å². The molecule has 1 aromatic carbocycles. The lowest BCUT2D eigenvalue weighted by Crippen LogP contribution is -2.48. The van der Waals surface area contributed by atoms with Gasteiger partial charge in [0, 0.05) is 43.4 Å². The maximum absolute atomic E-state index is 13.2. The molecule has 1 N–H and O–H groups in total. The zero-order valence-electron chi connectivity index (χ0n) is 16.7. The topological polar surface area (TPSA) is 69.0 Å². The van der Waals surface area contributed by atoms with Gasteiger partial charge in [0.2, 0.25) is 5.91 Å². The molecule has 3 aromatic rings. The summed E-state index contributed by atoms with van der Waals surface area (Å²) in [7, 11) is 0. The fraction of sp³-hybridized carbons (Fsp3) is 0.348. The molecule has 4 rings (SSSR count). The summed E-state index contributed by atoms with van der Waals surface area (Å²) in [5.41, 5.74) is 3.49. The van der Waals surface area contributed by atoms with Crippen LogP contribution in [0.25, 0.3) is 11.3 Å². The average molecular weight is 390 g/mol. The van der Waals surface area contributed by atoms with Crippen LogP contribution in [-0.2, 0) is 21.5 Å². The van der Waals surface area contributed by atoms with Crippen LogP contribution in [0.1, 0.15) is 24.1 Å². The van der Waals surface area contributed by atoms with Crippen molar-refractivity contribution in [2.75, 3.05) is 19.8 Å². The Morgan fingerprint density at radius 2 is 1.97 bits per heavy atom. The number of carbonyl (C=O) groups is 1. The Labute approximate surface area is 170 Å². The van der Waals surface area contributed by atoms with Gasteiger partial charge >= 0.3 is 0 Å². The van der Waals surface area contributed by atoms with E-state index in [0.717, 1.165) is 22.5 Å². The maximum atomic E-state index is 13.2. The van der Waals surface area contributed by atoms with E-state index in [-0.39, 0.29) is 5.91 Å². The Morgan fingerprint density at radius 1 is 1.17 bits per heavy atom. The molecule has 0 radical (unpaired) electrons. The van der Waals surface area contributed by atoms with E-state index in [2.05, 4.69) is 15.4 Å². The molecule has 0 aliphatic carbocycles. The van der Waals surface area contributed by atoms with Gasteiger partial charge in [0.1, 0.15) is 0 Å². The molecule has 29 heavy (non-hydrogen) atoms. The molecule has 6 heteroatoms. The first-order chi connectivity index (χ1) is 14.2. The van der Waals surface area contributed by atoms with Crippen molar-refractivity contribution in [2.24, 2.45) is 0 Å². The minimum atomic E-state index is -0.514. The van der Waals surface area contributed by atoms with Crippen molar-refractivity contribution < 1.29 is 9.53 Å². The lowest BCUT2D eigenvalue weighted by molar-refractivity contribution is -0.130. The molecule has 0 spiro atoms. The highest BCUT2D eigenvalue weighted by Crippen LogP contribution is 2.35. The summed E-state index contributed by atoms with van der Waals surface area (Å²) in [5.74, 6) is 0.0734. The largest absolute Gasteiger partial charge is 0.381 e. The van der Waals surface area contributed by atoms with E-state index >= 15 is 0 Å². The van der Waals surface area contributed by atoms with Gasteiger partial charge in [-0.05, 0) is 43.5 Å². The van der Waals surface area contributed by atoms with Gasteiger partial charge in [-0.25, -0.2) is 0 Å². The van der Waals surface area contributed by atoms with Crippen LogP contribution in [0.2, 0.25) is 0 Å². The van der Waals surface area contributed by atoms with Crippen LogP contribution in [-0.4, -0.2) is 40.4 Å². The van der Waals surface area contributed by atoms with E-state index in [4.69, 9.17) is 4.74 Å². The Hall–Kier alpha value is -2.99. The van der Waals surface area contributed by atoms with E-state index < -0.39 is 5.41 Å². The van der Waals surface area contributed by atoms with Gasteiger partial charge in [0.15, 0.2) is 0 Å². The van der Waals surface area contributed by atoms with Crippen LogP contribution in [0.5, 0.6) is 0 Å². The molecule has 2 aromatic heterocycles. The van der Waals surface area contributed by atoms with E-state index in [1.165, 1.54) is 0 Å². The Kier molecular flexibility index (Phi) is 5.71. The summed E-state index contributed by atoms with van der Waals surface area (Å²) in [6.45, 7) is 4.39. The summed E-state index contributed by atoms with van der Waals surface area (Å²) in [5, 5.41) is 7.82. The molecule has 0 atom stereocenters. The Morgan fingerprint density at radius 3 is 2.69 bits per heavy atom. The molecule has 3 heterocycles. The van der Waals surface area contributed by atoms with Gasteiger partial charge in [-0.1, -0.05) is 30.3 Å². The smallest absolute Gasteiger partial charge is 0.230 e. The van der Waals surface area contributed by atoms with Crippen LogP contribution >= 0.6 is 0 Å². The van der Waals surface area contributed by atoms with Crippen molar-refractivity contribution in [2.45, 2.75) is 31.7 Å². The minimum absolute atomic E-state index is 0.0734. The van der Waals surface area contributed by atoms with Crippen molar-refractivity contribution in [3.63, 3.8) is 0 Å². The molecule has 1 amide bonds. The number of amides is 1. The Balaban J connectivity index is 1.43. The van der Waals surface area contributed by atoms with E-state index in [9.17, 15) is 4.79 Å². The number of ether oxygens (including phenoxy) is 1. The first kappa shape index (κ1) is 19.3. The van der Waals surface area contributed by atoms with Gasteiger partial charge < -0.3 is 10.1 Å². The van der Waals surface area contributed by atoms with Gasteiger partial charge in [-0.3, -0.25) is 14.5 Å². The van der Waals surface area contributed by atoms with Gasteiger partial charge in [0.25, 0.3) is 0 Å². The molecule has 6 nitrogen and oxygen atoms in total. The van der Waals surface area contributed by atoms with Crippen LogP contribution < -0.4 is 5.32 Å². The second kappa shape index (κ2) is 8.57. The monoisotopic (exact) mass is 390 g/mol. The number of aryl methyl sites for hydroxylation is 1. The number of hydrogen-bond donors (Lipinski definition) is 1. The lowest BCUT2D eigenvalue weighted by atomic mass is 9.73. The highest BCUT2D eigenvalue weighted by molar-refractivity contribution is 5.88. The molecule has 0 unspecified atom stereocenters. The molecular formula is C23H26N4O2. The van der Waals surface area contributed by atoms with Crippen LogP contribution in [0, 0.1) is 6.92 Å². The zero-order chi connectivity index (χ0) is 20.1. The first-order valence-electron chi connectivity index (χ1n) is 10.1. The number of nitrogens with one attached hydrogen (secondary N) is 1. The van der Waals surface area contributed by atoms with Crippen molar-refractivity contribution >= 4 is 5.91 Å². The molecule has 0 bridgehead atoms. The van der Waals surface area contributed by atoms with Gasteiger partial charge in [0.05, 0.1) is 17.7 Å². The van der Waals surface area contributed by atoms with Gasteiger partial charge in [-0.2, -0.15) is 5.10 Å². The molecule has 1 aliphatic heterocycles. The quantitative estimate of drug-likeness (QED) is 0.702. The number of nitrogens with zero attached hydrogens (tertiary/aromatic N) is 3. The number of rotatable bonds is 6. The first-order valence-corrected chi connectivity index (χ1v) is 10.1. The lowest BCUT2D eigenvalue weighted by Gasteiger charge is -2.36. The second-order valence-electron chi connectivity index (χ2n) is 7.45. The fourth-order valence-corrected chi connectivity index (χ4v) is 3.96. The highest BCUT2D eigenvalue weighted by Gasteiger charge is 2.41. The summed E-state index contributed by atoms with van der Waals surface area (Å²) < 4.78 is 7.46. The van der Waals surface area contributed by atoms with Crippen LogP contribution in [0.15, 0.2) is 60.9 Å². The van der Waals surface area contributed by atoms with Crippen LogP contribution in [0.3, 0.4) is 0 Å². The number of hydrogen-bond acceptors (Lipinski definition) is 4. The number of aromatic nitrogens is 3. The Bertz CT molecular complexity index is 948. The highest BCUT2D eigenvalue weighted by atomic mass is 16.5. The normalized spacial score (nSPS) is 15.8. The molecule has 1 fully saturated rings.